The number of anilines is 6. The number of furan rings is 1. The first-order valence-corrected chi connectivity index (χ1v) is 22.5. The Bertz CT molecular complexity index is 3050. The van der Waals surface area contributed by atoms with Crippen LogP contribution < -0.4 is 26.2 Å². The maximum Gasteiger partial charge on any atom is 0.252 e. The standard InChI is InChI=1S/C58H59BN2O/c1-55(2,3)38-20-26-43(27-21-38)61-49-33-40(57(7,8)9)23-30-47(49)59-46-29-22-39(56(4,5)6)32-48(46)60(50-34-41(58(10,11)12)35-51(61)54(50)59)42-24-17-36(18-25-42)37-19-28-45-44-15-13-14-16-52(44)62-53(45)31-37/h13-35H,1-12H3. The minimum Gasteiger partial charge on any atom is -0.456 e. The summed E-state index contributed by atoms with van der Waals surface area (Å²) in [6, 6.07) is 53.1. The highest BCUT2D eigenvalue weighted by Crippen LogP contribution is 2.48. The fraction of sp³-hybridized carbons (Fsp3) is 0.276. The summed E-state index contributed by atoms with van der Waals surface area (Å²) in [6.45, 7) is 27.9. The molecule has 0 aliphatic carbocycles. The van der Waals surface area contributed by atoms with Gasteiger partial charge in [0.05, 0.1) is 0 Å². The summed E-state index contributed by atoms with van der Waals surface area (Å²) in [5.41, 5.74) is 20.7. The molecule has 1 aromatic heterocycles. The molecule has 2 aliphatic rings. The summed E-state index contributed by atoms with van der Waals surface area (Å²) in [5, 5.41) is 2.30. The van der Waals surface area contributed by atoms with Crippen molar-refractivity contribution >= 4 is 79.2 Å². The monoisotopic (exact) mass is 810 g/mol. The lowest BCUT2D eigenvalue weighted by molar-refractivity contribution is 0.589. The molecule has 8 aromatic rings. The van der Waals surface area contributed by atoms with Crippen LogP contribution >= 0.6 is 0 Å². The van der Waals surface area contributed by atoms with Crippen LogP contribution in [0.25, 0.3) is 33.1 Å². The molecule has 0 saturated carbocycles. The molecule has 0 N–H and O–H groups in total. The van der Waals surface area contributed by atoms with Crippen molar-refractivity contribution in [2.24, 2.45) is 0 Å². The Kier molecular flexibility index (Phi) is 8.89. The van der Waals surface area contributed by atoms with Crippen LogP contribution in [-0.2, 0) is 21.7 Å². The highest BCUT2D eigenvalue weighted by molar-refractivity contribution is 7.00. The first-order valence-electron chi connectivity index (χ1n) is 22.5. The molecule has 0 fully saturated rings. The quantitative estimate of drug-likeness (QED) is 0.166. The van der Waals surface area contributed by atoms with Crippen LogP contribution in [0, 0.1) is 0 Å². The summed E-state index contributed by atoms with van der Waals surface area (Å²) in [6.07, 6.45) is 0. The molecule has 10 rings (SSSR count). The second-order valence-electron chi connectivity index (χ2n) is 22.0. The fourth-order valence-electron chi connectivity index (χ4n) is 9.73. The zero-order valence-corrected chi connectivity index (χ0v) is 38.7. The van der Waals surface area contributed by atoms with Crippen LogP contribution in [0.1, 0.15) is 105 Å². The van der Waals surface area contributed by atoms with E-state index >= 15 is 0 Å². The number of hydrogen-bond acceptors (Lipinski definition) is 3. The van der Waals surface area contributed by atoms with Crippen molar-refractivity contribution in [2.75, 3.05) is 9.80 Å². The number of nitrogens with zero attached hydrogens (tertiary/aromatic N) is 2. The highest BCUT2D eigenvalue weighted by Gasteiger charge is 2.45. The number of para-hydroxylation sites is 1. The Morgan fingerprint density at radius 3 is 1.32 bits per heavy atom. The van der Waals surface area contributed by atoms with E-state index in [0.29, 0.717) is 0 Å². The minimum atomic E-state index is -0.102. The van der Waals surface area contributed by atoms with Crippen LogP contribution in [0.5, 0.6) is 0 Å². The molecule has 0 unspecified atom stereocenters. The van der Waals surface area contributed by atoms with Gasteiger partial charge in [-0.25, -0.2) is 0 Å². The van der Waals surface area contributed by atoms with Gasteiger partial charge in [-0.15, -0.1) is 0 Å². The summed E-state index contributed by atoms with van der Waals surface area (Å²) in [5.74, 6) is 0. The largest absolute Gasteiger partial charge is 0.456 e. The van der Waals surface area contributed by atoms with Gasteiger partial charge in [0.1, 0.15) is 11.2 Å². The molecule has 0 spiro atoms. The highest BCUT2D eigenvalue weighted by atomic mass is 16.3. The van der Waals surface area contributed by atoms with Crippen LogP contribution in [0.4, 0.5) is 34.1 Å². The summed E-state index contributed by atoms with van der Waals surface area (Å²) in [7, 11) is 0. The van der Waals surface area contributed by atoms with Crippen molar-refractivity contribution in [3.8, 4) is 11.1 Å². The Labute approximate surface area is 369 Å². The van der Waals surface area contributed by atoms with Gasteiger partial charge in [0, 0.05) is 44.9 Å². The van der Waals surface area contributed by atoms with Gasteiger partial charge < -0.3 is 14.2 Å². The second-order valence-corrected chi connectivity index (χ2v) is 22.0. The molecule has 0 radical (unpaired) electrons. The molecule has 0 amide bonds. The van der Waals surface area contributed by atoms with E-state index in [2.05, 4.69) is 220 Å². The third kappa shape index (κ3) is 6.57. The van der Waals surface area contributed by atoms with Crippen molar-refractivity contribution < 1.29 is 4.42 Å². The van der Waals surface area contributed by atoms with Gasteiger partial charge in [0.25, 0.3) is 6.71 Å². The molecule has 4 heteroatoms. The number of rotatable bonds is 3. The van der Waals surface area contributed by atoms with Gasteiger partial charge in [-0.05, 0) is 138 Å². The van der Waals surface area contributed by atoms with Crippen molar-refractivity contribution in [3.63, 3.8) is 0 Å². The summed E-state index contributed by atoms with van der Waals surface area (Å²) >= 11 is 0. The summed E-state index contributed by atoms with van der Waals surface area (Å²) < 4.78 is 6.32. The van der Waals surface area contributed by atoms with E-state index in [9.17, 15) is 0 Å². The van der Waals surface area contributed by atoms with E-state index in [-0.39, 0.29) is 28.4 Å². The number of benzene rings is 7. The first-order chi connectivity index (χ1) is 29.3. The lowest BCUT2D eigenvalue weighted by Gasteiger charge is -2.45. The molecule has 7 aromatic carbocycles. The van der Waals surface area contributed by atoms with Crippen LogP contribution in [0.3, 0.4) is 0 Å². The van der Waals surface area contributed by atoms with E-state index < -0.39 is 0 Å². The number of fused-ring (bicyclic) bond motifs is 7. The smallest absolute Gasteiger partial charge is 0.252 e. The molecule has 3 heterocycles. The lowest BCUT2D eigenvalue weighted by atomic mass is 9.33. The zero-order valence-electron chi connectivity index (χ0n) is 38.7. The van der Waals surface area contributed by atoms with Gasteiger partial charge in [0.15, 0.2) is 0 Å². The predicted octanol–water partition coefficient (Wildman–Crippen LogP) is 14.5. The van der Waals surface area contributed by atoms with Crippen molar-refractivity contribution in [1.29, 1.82) is 0 Å². The average molecular weight is 811 g/mol. The van der Waals surface area contributed by atoms with Gasteiger partial charge in [-0.1, -0.05) is 156 Å². The first kappa shape index (κ1) is 40.1. The van der Waals surface area contributed by atoms with E-state index in [4.69, 9.17) is 4.42 Å². The molecule has 0 saturated heterocycles. The van der Waals surface area contributed by atoms with Crippen LogP contribution in [-0.4, -0.2) is 6.71 Å². The average Bonchev–Trinajstić information content (AvgIpc) is 3.60. The third-order valence-corrected chi connectivity index (χ3v) is 13.5. The normalized spacial score (nSPS) is 14.0. The lowest BCUT2D eigenvalue weighted by Crippen LogP contribution is -2.61. The Morgan fingerprint density at radius 1 is 0.371 bits per heavy atom. The second kappa shape index (κ2) is 13.8. The topological polar surface area (TPSA) is 19.6 Å². The molecule has 0 atom stereocenters. The Balaban J connectivity index is 1.22. The summed E-state index contributed by atoms with van der Waals surface area (Å²) in [4.78, 5) is 5.14. The van der Waals surface area contributed by atoms with Gasteiger partial charge >= 0.3 is 0 Å². The molecule has 62 heavy (non-hydrogen) atoms. The Hall–Kier alpha value is -6.00. The van der Waals surface area contributed by atoms with Gasteiger partial charge in [0.2, 0.25) is 0 Å². The molecule has 3 nitrogen and oxygen atoms in total. The van der Waals surface area contributed by atoms with Crippen molar-refractivity contribution in [1.82, 2.24) is 0 Å². The Morgan fingerprint density at radius 2 is 0.806 bits per heavy atom. The van der Waals surface area contributed by atoms with E-state index in [1.165, 1.54) is 67.1 Å². The minimum absolute atomic E-state index is 0.0116. The molecular weight excluding hydrogens is 751 g/mol. The van der Waals surface area contributed by atoms with Crippen molar-refractivity contribution in [3.05, 3.63) is 162 Å². The van der Waals surface area contributed by atoms with Gasteiger partial charge in [-0.3, -0.25) is 0 Å². The molecule has 2 aliphatic heterocycles. The van der Waals surface area contributed by atoms with Crippen LogP contribution in [0.15, 0.2) is 144 Å². The molecular formula is C58H59BN2O. The SMILES string of the molecule is CC(C)(C)c1ccc(N2c3cc(C(C)(C)C)ccc3B3c4ccc(C(C)(C)C)cc4N(c4ccc(-c5ccc6c(c5)oc5ccccc56)cc4)c4cc(C(C)(C)C)cc2c43)cc1. The molecule has 0 bridgehead atoms. The van der Waals surface area contributed by atoms with Gasteiger partial charge in [-0.2, -0.15) is 0 Å². The third-order valence-electron chi connectivity index (χ3n) is 13.5. The molecule has 310 valence electrons. The van der Waals surface area contributed by atoms with Crippen molar-refractivity contribution in [2.45, 2.75) is 105 Å². The van der Waals surface area contributed by atoms with E-state index in [1.54, 1.807) is 0 Å². The zero-order chi connectivity index (χ0) is 43.7. The number of hydrogen-bond donors (Lipinski definition) is 0. The predicted molar refractivity (Wildman–Crippen MR) is 268 cm³/mol. The fourth-order valence-corrected chi connectivity index (χ4v) is 9.73. The van der Waals surface area contributed by atoms with E-state index in [0.717, 1.165) is 38.8 Å². The maximum atomic E-state index is 6.32. The van der Waals surface area contributed by atoms with Crippen LogP contribution in [0.2, 0.25) is 0 Å². The van der Waals surface area contributed by atoms with E-state index in [1.807, 2.05) is 12.1 Å². The maximum absolute atomic E-state index is 6.32.